The average molecular weight is 199 g/mol. The van der Waals surface area contributed by atoms with E-state index < -0.39 is 0 Å². The molecule has 1 heterocycles. The zero-order chi connectivity index (χ0) is 10.3. The van der Waals surface area contributed by atoms with Crippen molar-refractivity contribution in [2.24, 2.45) is 5.16 Å². The SMILES string of the molecule is ON=C1Cc2c(ccc3ccccc23)O1. The molecule has 0 fully saturated rings. The molecule has 3 nitrogen and oxygen atoms in total. The van der Waals surface area contributed by atoms with Gasteiger partial charge in [0.05, 0.1) is 6.42 Å². The van der Waals surface area contributed by atoms with E-state index in [-0.39, 0.29) is 0 Å². The third-order valence-electron chi connectivity index (χ3n) is 2.66. The van der Waals surface area contributed by atoms with Gasteiger partial charge in [-0.15, -0.1) is 0 Å². The lowest BCUT2D eigenvalue weighted by Gasteiger charge is -2.01. The van der Waals surface area contributed by atoms with Crippen LogP contribution in [0.25, 0.3) is 10.8 Å². The Bertz CT molecular complexity index is 561. The monoisotopic (exact) mass is 199 g/mol. The fourth-order valence-electron chi connectivity index (χ4n) is 1.96. The van der Waals surface area contributed by atoms with Crippen molar-refractivity contribution in [1.29, 1.82) is 0 Å². The van der Waals surface area contributed by atoms with E-state index in [1.807, 2.05) is 24.3 Å². The molecule has 0 radical (unpaired) electrons. The van der Waals surface area contributed by atoms with Crippen LogP contribution in [0.3, 0.4) is 0 Å². The molecule has 0 amide bonds. The molecular weight excluding hydrogens is 190 g/mol. The van der Waals surface area contributed by atoms with E-state index in [2.05, 4.69) is 17.3 Å². The predicted molar refractivity (Wildman–Crippen MR) is 57.5 cm³/mol. The minimum atomic E-state index is 0.362. The van der Waals surface area contributed by atoms with Gasteiger partial charge in [0.2, 0.25) is 5.90 Å². The molecular formula is C12H9NO2. The highest BCUT2D eigenvalue weighted by atomic mass is 16.5. The molecule has 0 aliphatic carbocycles. The summed E-state index contributed by atoms with van der Waals surface area (Å²) in [6, 6.07) is 12.0. The first-order valence-corrected chi connectivity index (χ1v) is 4.78. The summed E-state index contributed by atoms with van der Waals surface area (Å²) in [4.78, 5) is 0. The van der Waals surface area contributed by atoms with E-state index in [0.717, 1.165) is 16.7 Å². The zero-order valence-corrected chi connectivity index (χ0v) is 7.97. The number of rotatable bonds is 0. The van der Waals surface area contributed by atoms with E-state index in [0.29, 0.717) is 12.3 Å². The van der Waals surface area contributed by atoms with Crippen LogP contribution in [-0.4, -0.2) is 11.1 Å². The first kappa shape index (κ1) is 8.29. The Balaban J connectivity index is 2.29. The lowest BCUT2D eigenvalue weighted by molar-refractivity contribution is 0.304. The summed E-state index contributed by atoms with van der Waals surface area (Å²) in [5.74, 6) is 1.16. The molecule has 1 N–H and O–H groups in total. The lowest BCUT2D eigenvalue weighted by atomic mass is 10.0. The third kappa shape index (κ3) is 1.16. The average Bonchev–Trinajstić information content (AvgIpc) is 2.72. The van der Waals surface area contributed by atoms with Crippen LogP contribution in [0.1, 0.15) is 5.56 Å². The van der Waals surface area contributed by atoms with Gasteiger partial charge < -0.3 is 9.94 Å². The highest BCUT2D eigenvalue weighted by Crippen LogP contribution is 2.33. The molecule has 0 atom stereocenters. The quantitative estimate of drug-likeness (QED) is 0.523. The number of nitrogens with zero attached hydrogens (tertiary/aromatic N) is 1. The van der Waals surface area contributed by atoms with Gasteiger partial charge in [0.25, 0.3) is 0 Å². The van der Waals surface area contributed by atoms with Crippen LogP contribution in [0, 0.1) is 0 Å². The highest BCUT2D eigenvalue weighted by Gasteiger charge is 2.21. The van der Waals surface area contributed by atoms with Crippen LogP contribution in [0.15, 0.2) is 41.6 Å². The number of ether oxygens (including phenoxy) is 1. The summed E-state index contributed by atoms with van der Waals surface area (Å²) in [7, 11) is 0. The van der Waals surface area contributed by atoms with Crippen LogP contribution in [0.4, 0.5) is 0 Å². The van der Waals surface area contributed by atoms with Crippen molar-refractivity contribution in [2.45, 2.75) is 6.42 Å². The molecule has 0 aromatic heterocycles. The highest BCUT2D eigenvalue weighted by molar-refractivity contribution is 5.96. The van der Waals surface area contributed by atoms with Crippen LogP contribution in [-0.2, 0) is 6.42 Å². The second-order valence-electron chi connectivity index (χ2n) is 3.54. The molecule has 1 aliphatic heterocycles. The first-order valence-electron chi connectivity index (χ1n) is 4.78. The van der Waals surface area contributed by atoms with Crippen LogP contribution < -0.4 is 4.74 Å². The molecule has 0 spiro atoms. The number of benzene rings is 2. The number of hydrogen-bond acceptors (Lipinski definition) is 3. The Hall–Kier alpha value is -2.03. The summed E-state index contributed by atoms with van der Waals surface area (Å²) in [6.07, 6.45) is 0.563. The summed E-state index contributed by atoms with van der Waals surface area (Å²) in [5, 5.41) is 14.1. The van der Waals surface area contributed by atoms with E-state index in [4.69, 9.17) is 9.94 Å². The van der Waals surface area contributed by atoms with Gasteiger partial charge in [0, 0.05) is 5.56 Å². The molecule has 3 rings (SSSR count). The maximum Gasteiger partial charge on any atom is 0.235 e. The standard InChI is InChI=1S/C12H9NO2/c14-13-12-7-10-9-4-2-1-3-8(9)5-6-11(10)15-12/h1-6,14H,7H2. The number of hydrogen-bond donors (Lipinski definition) is 1. The fourth-order valence-corrected chi connectivity index (χ4v) is 1.96. The van der Waals surface area contributed by atoms with E-state index >= 15 is 0 Å². The van der Waals surface area contributed by atoms with Crippen LogP contribution in [0.5, 0.6) is 5.75 Å². The van der Waals surface area contributed by atoms with Crippen LogP contribution in [0.2, 0.25) is 0 Å². The predicted octanol–water partition coefficient (Wildman–Crippen LogP) is 2.56. The minimum absolute atomic E-state index is 0.362. The molecule has 0 saturated carbocycles. The van der Waals surface area contributed by atoms with Gasteiger partial charge in [0.1, 0.15) is 5.75 Å². The molecule has 0 bridgehead atoms. The lowest BCUT2D eigenvalue weighted by Crippen LogP contribution is -2.01. The first-order chi connectivity index (χ1) is 7.38. The molecule has 3 heteroatoms. The van der Waals surface area contributed by atoms with Gasteiger partial charge in [-0.3, -0.25) is 0 Å². The van der Waals surface area contributed by atoms with Gasteiger partial charge in [0.15, 0.2) is 0 Å². The fraction of sp³-hybridized carbons (Fsp3) is 0.0833. The second-order valence-corrected chi connectivity index (χ2v) is 3.54. The molecule has 2 aromatic carbocycles. The maximum atomic E-state index is 8.67. The Morgan fingerprint density at radius 2 is 2.00 bits per heavy atom. The second kappa shape index (κ2) is 2.98. The Kier molecular flexibility index (Phi) is 1.65. The molecule has 0 saturated heterocycles. The van der Waals surface area contributed by atoms with Gasteiger partial charge >= 0.3 is 0 Å². The smallest absolute Gasteiger partial charge is 0.235 e. The number of oxime groups is 1. The van der Waals surface area contributed by atoms with Crippen LogP contribution >= 0.6 is 0 Å². The van der Waals surface area contributed by atoms with Gasteiger partial charge in [-0.2, -0.15) is 0 Å². The van der Waals surface area contributed by atoms with Gasteiger partial charge in [-0.05, 0) is 16.8 Å². The molecule has 2 aromatic rings. The van der Waals surface area contributed by atoms with E-state index in [1.54, 1.807) is 0 Å². The zero-order valence-electron chi connectivity index (χ0n) is 7.97. The van der Waals surface area contributed by atoms with E-state index in [1.165, 1.54) is 5.39 Å². The minimum Gasteiger partial charge on any atom is -0.439 e. The van der Waals surface area contributed by atoms with Crippen molar-refractivity contribution in [3.8, 4) is 5.75 Å². The molecule has 15 heavy (non-hydrogen) atoms. The maximum absolute atomic E-state index is 8.67. The topological polar surface area (TPSA) is 41.8 Å². The van der Waals surface area contributed by atoms with Gasteiger partial charge in [-0.25, -0.2) is 0 Å². The third-order valence-corrected chi connectivity index (χ3v) is 2.66. The Morgan fingerprint density at radius 1 is 1.13 bits per heavy atom. The molecule has 0 unspecified atom stereocenters. The van der Waals surface area contributed by atoms with Gasteiger partial charge in [-0.1, -0.05) is 35.5 Å². The molecule has 1 aliphatic rings. The van der Waals surface area contributed by atoms with Crippen molar-refractivity contribution in [2.75, 3.05) is 0 Å². The van der Waals surface area contributed by atoms with Crippen molar-refractivity contribution < 1.29 is 9.94 Å². The van der Waals surface area contributed by atoms with Crippen molar-refractivity contribution in [3.63, 3.8) is 0 Å². The van der Waals surface area contributed by atoms with Crippen molar-refractivity contribution in [3.05, 3.63) is 42.0 Å². The summed E-state index contributed by atoms with van der Waals surface area (Å²) in [6.45, 7) is 0. The normalized spacial score (nSPS) is 16.7. The Morgan fingerprint density at radius 3 is 2.87 bits per heavy atom. The summed E-state index contributed by atoms with van der Waals surface area (Å²) >= 11 is 0. The summed E-state index contributed by atoms with van der Waals surface area (Å²) < 4.78 is 5.36. The van der Waals surface area contributed by atoms with Crippen molar-refractivity contribution >= 4 is 16.7 Å². The largest absolute Gasteiger partial charge is 0.439 e. The summed E-state index contributed by atoms with van der Waals surface area (Å²) in [5.41, 5.74) is 1.10. The van der Waals surface area contributed by atoms with E-state index in [9.17, 15) is 0 Å². The van der Waals surface area contributed by atoms with Crippen molar-refractivity contribution in [1.82, 2.24) is 0 Å². The number of fused-ring (bicyclic) bond motifs is 3. The Labute approximate surface area is 86.6 Å². The molecule has 74 valence electrons.